The normalized spacial score (nSPS) is 13.0. The summed E-state index contributed by atoms with van der Waals surface area (Å²) in [7, 11) is -2.61. The number of hydrogen-bond acceptors (Lipinski definition) is 2. The molecule has 2 N–H and O–H groups in total. The van der Waals surface area contributed by atoms with E-state index in [0.29, 0.717) is 5.56 Å². The summed E-state index contributed by atoms with van der Waals surface area (Å²) < 4.78 is 11.8. The molecule has 19 heavy (non-hydrogen) atoms. The van der Waals surface area contributed by atoms with Crippen molar-refractivity contribution >= 4 is 13.3 Å². The van der Waals surface area contributed by atoms with Gasteiger partial charge in [0.15, 0.2) is 5.78 Å². The fourth-order valence-corrected chi connectivity index (χ4v) is 3.22. The largest absolute Gasteiger partial charge is 0.357 e. The molecule has 2 aromatic carbocycles. The Labute approximate surface area is 112 Å². The molecule has 0 aliphatic carbocycles. The van der Waals surface area contributed by atoms with E-state index in [1.54, 1.807) is 36.2 Å². The summed E-state index contributed by atoms with van der Waals surface area (Å²) in [6.07, 6.45) is 0. The summed E-state index contributed by atoms with van der Waals surface area (Å²) in [5, 5.41) is 0. The van der Waals surface area contributed by atoms with E-state index in [-0.39, 0.29) is 0 Å². The summed E-state index contributed by atoms with van der Waals surface area (Å²) in [5.41, 5.74) is 1.36. The average molecular weight is 277 g/mol. The first-order valence-electron chi connectivity index (χ1n) is 5.88. The average Bonchev–Trinajstić information content (AvgIpc) is 2.39. The number of anilines is 1. The van der Waals surface area contributed by atoms with E-state index in [9.17, 15) is 14.4 Å². The van der Waals surface area contributed by atoms with Gasteiger partial charge in [0.2, 0.25) is 0 Å². The minimum atomic E-state index is -4.29. The fraction of sp³-hybridized carbons (Fsp3) is 0.143. The van der Waals surface area contributed by atoms with Crippen molar-refractivity contribution in [3.8, 4) is 0 Å². The molecule has 0 aliphatic heterocycles. The second-order valence-corrected chi connectivity index (χ2v) is 5.99. The van der Waals surface area contributed by atoms with E-state index in [1.165, 1.54) is 0 Å². The lowest BCUT2D eigenvalue weighted by Gasteiger charge is -2.30. The molecular formula is C14H16NO3P. The Hall–Kier alpha value is -1.61. The Balaban J connectivity index is 2.43. The zero-order valence-electron chi connectivity index (χ0n) is 10.5. The van der Waals surface area contributed by atoms with Crippen LogP contribution in [0, 0.1) is 0 Å². The highest BCUT2D eigenvalue weighted by atomic mass is 31.2. The molecule has 2 aromatic rings. The molecule has 4 nitrogen and oxygen atoms in total. The summed E-state index contributed by atoms with van der Waals surface area (Å²) in [6, 6.07) is 18.0. The van der Waals surface area contributed by atoms with Crippen molar-refractivity contribution in [3.63, 3.8) is 0 Å². The van der Waals surface area contributed by atoms with Crippen molar-refractivity contribution in [2.75, 3.05) is 11.9 Å². The number of rotatable bonds is 4. The highest BCUT2D eigenvalue weighted by Gasteiger charge is 2.34. The molecule has 0 amide bonds. The molecule has 0 aliphatic rings. The first-order valence-corrected chi connectivity index (χ1v) is 7.56. The summed E-state index contributed by atoms with van der Waals surface area (Å²) >= 11 is 0. The Morgan fingerprint density at radius 2 is 1.42 bits per heavy atom. The van der Waals surface area contributed by atoms with Gasteiger partial charge in [-0.1, -0.05) is 48.5 Å². The van der Waals surface area contributed by atoms with Crippen LogP contribution in [-0.4, -0.2) is 16.8 Å². The molecule has 0 spiro atoms. The van der Waals surface area contributed by atoms with Crippen LogP contribution in [0.25, 0.3) is 0 Å². The fourth-order valence-electron chi connectivity index (χ4n) is 2.07. The smallest absolute Gasteiger partial charge is 0.352 e. The lowest BCUT2D eigenvalue weighted by atomic mass is 10.2. The van der Waals surface area contributed by atoms with Gasteiger partial charge in [-0.15, -0.1) is 0 Å². The second-order valence-electron chi connectivity index (χ2n) is 4.32. The van der Waals surface area contributed by atoms with Crippen LogP contribution in [-0.2, 0) is 4.57 Å². The quantitative estimate of drug-likeness (QED) is 0.843. The van der Waals surface area contributed by atoms with E-state index >= 15 is 0 Å². The molecular weight excluding hydrogens is 261 g/mol. The first-order chi connectivity index (χ1) is 9.00. The highest BCUT2D eigenvalue weighted by Crippen LogP contribution is 2.54. The molecule has 0 saturated heterocycles. The molecule has 1 unspecified atom stereocenters. The van der Waals surface area contributed by atoms with Crippen molar-refractivity contribution in [2.24, 2.45) is 0 Å². The number of nitrogens with zero attached hydrogens (tertiary/aromatic N) is 1. The van der Waals surface area contributed by atoms with Crippen LogP contribution in [0.3, 0.4) is 0 Å². The molecule has 0 saturated carbocycles. The Morgan fingerprint density at radius 1 is 0.947 bits per heavy atom. The topological polar surface area (TPSA) is 60.8 Å². The SMILES string of the molecule is CN(c1ccccc1)C(c1ccccc1)P(=O)(O)O. The van der Waals surface area contributed by atoms with Crippen molar-refractivity contribution in [1.82, 2.24) is 0 Å². The summed E-state index contributed by atoms with van der Waals surface area (Å²) in [5.74, 6) is -0.976. The maximum absolute atomic E-state index is 11.8. The van der Waals surface area contributed by atoms with Gasteiger partial charge >= 0.3 is 7.60 Å². The molecule has 0 bridgehead atoms. The van der Waals surface area contributed by atoms with Crippen LogP contribution in [0.15, 0.2) is 60.7 Å². The standard InChI is InChI=1S/C14H16NO3P/c1-15(13-10-6-3-7-11-13)14(19(16,17)18)12-8-4-2-5-9-12/h2-11,14H,1H3,(H2,16,17,18). The van der Waals surface area contributed by atoms with E-state index in [2.05, 4.69) is 0 Å². The summed E-state index contributed by atoms with van der Waals surface area (Å²) in [6.45, 7) is 0. The predicted octanol–water partition coefficient (Wildman–Crippen LogP) is 3.00. The number of para-hydroxylation sites is 1. The number of benzene rings is 2. The third-order valence-electron chi connectivity index (χ3n) is 2.95. The number of hydrogen-bond donors (Lipinski definition) is 2. The predicted molar refractivity (Wildman–Crippen MR) is 76.1 cm³/mol. The van der Waals surface area contributed by atoms with Crippen molar-refractivity contribution in [3.05, 3.63) is 66.2 Å². The van der Waals surface area contributed by atoms with Crippen LogP contribution in [0.5, 0.6) is 0 Å². The molecule has 0 aromatic heterocycles. The van der Waals surface area contributed by atoms with Crippen LogP contribution < -0.4 is 4.90 Å². The Morgan fingerprint density at radius 3 is 1.89 bits per heavy atom. The zero-order valence-corrected chi connectivity index (χ0v) is 11.4. The lowest BCUT2D eigenvalue weighted by molar-refractivity contribution is 0.358. The molecule has 5 heteroatoms. The van der Waals surface area contributed by atoms with Gasteiger partial charge in [0.05, 0.1) is 0 Å². The molecule has 0 fully saturated rings. The minimum absolute atomic E-state index is 0.599. The van der Waals surface area contributed by atoms with Gasteiger partial charge in [0, 0.05) is 12.7 Å². The molecule has 2 rings (SSSR count). The van der Waals surface area contributed by atoms with E-state index in [4.69, 9.17) is 0 Å². The van der Waals surface area contributed by atoms with Crippen molar-refractivity contribution in [1.29, 1.82) is 0 Å². The third-order valence-corrected chi connectivity index (χ3v) is 4.23. The van der Waals surface area contributed by atoms with Crippen molar-refractivity contribution < 1.29 is 14.4 Å². The summed E-state index contributed by atoms with van der Waals surface area (Å²) in [4.78, 5) is 20.9. The molecule has 1 atom stereocenters. The van der Waals surface area contributed by atoms with Crippen molar-refractivity contribution in [2.45, 2.75) is 5.78 Å². The van der Waals surface area contributed by atoms with Crippen LogP contribution >= 0.6 is 7.60 Å². The van der Waals surface area contributed by atoms with E-state index in [0.717, 1.165) is 5.69 Å². The van der Waals surface area contributed by atoms with E-state index < -0.39 is 13.4 Å². The van der Waals surface area contributed by atoms with Crippen LogP contribution in [0.2, 0.25) is 0 Å². The molecule has 0 heterocycles. The maximum Gasteiger partial charge on any atom is 0.352 e. The zero-order chi connectivity index (χ0) is 13.9. The van der Waals surface area contributed by atoms with Gasteiger partial charge in [-0.2, -0.15) is 0 Å². The van der Waals surface area contributed by atoms with Crippen LogP contribution in [0.1, 0.15) is 11.3 Å². The molecule has 100 valence electrons. The van der Waals surface area contributed by atoms with Gasteiger partial charge in [0.1, 0.15) is 0 Å². The van der Waals surface area contributed by atoms with Gasteiger partial charge in [-0.3, -0.25) is 4.57 Å². The Kier molecular flexibility index (Phi) is 4.05. The minimum Gasteiger partial charge on any atom is -0.357 e. The van der Waals surface area contributed by atoms with Gasteiger partial charge in [0.25, 0.3) is 0 Å². The van der Waals surface area contributed by atoms with Gasteiger partial charge in [-0.05, 0) is 17.7 Å². The third kappa shape index (κ3) is 3.24. The molecule has 0 radical (unpaired) electrons. The van der Waals surface area contributed by atoms with Crippen LogP contribution in [0.4, 0.5) is 5.69 Å². The van der Waals surface area contributed by atoms with Gasteiger partial charge in [-0.25, -0.2) is 0 Å². The van der Waals surface area contributed by atoms with Gasteiger partial charge < -0.3 is 14.7 Å². The Bertz CT molecular complexity index is 568. The highest BCUT2D eigenvalue weighted by molar-refractivity contribution is 7.52. The maximum atomic E-state index is 11.8. The van der Waals surface area contributed by atoms with E-state index in [1.807, 2.05) is 36.4 Å². The lowest BCUT2D eigenvalue weighted by Crippen LogP contribution is -2.24. The first kappa shape index (κ1) is 13.8. The second kappa shape index (κ2) is 5.57. The monoisotopic (exact) mass is 277 g/mol.